The van der Waals surface area contributed by atoms with Crippen LogP contribution >= 0.6 is 11.8 Å². The molecule has 2 amide bonds. The van der Waals surface area contributed by atoms with Crippen molar-refractivity contribution >= 4 is 23.6 Å². The molecule has 102 valence electrons. The molecule has 6 heteroatoms. The first-order valence-electron chi connectivity index (χ1n) is 6.16. The van der Waals surface area contributed by atoms with Gasteiger partial charge in [-0.3, -0.25) is 14.6 Å². The molecule has 1 fully saturated rings. The van der Waals surface area contributed by atoms with Crippen LogP contribution in [0.5, 0.6) is 0 Å². The first-order valence-corrected chi connectivity index (χ1v) is 7.31. The van der Waals surface area contributed by atoms with E-state index in [-0.39, 0.29) is 18.4 Å². The highest BCUT2D eigenvalue weighted by molar-refractivity contribution is 8.00. The lowest BCUT2D eigenvalue weighted by atomic mass is 10.2. The van der Waals surface area contributed by atoms with Gasteiger partial charge in [-0.2, -0.15) is 0 Å². The third kappa shape index (κ3) is 3.96. The average Bonchev–Trinajstić information content (AvgIpc) is 2.82. The molecule has 1 saturated heterocycles. The molecule has 0 aliphatic carbocycles. The normalized spacial score (nSPS) is 14.8. The number of hydrogen-bond acceptors (Lipinski definition) is 4. The van der Waals surface area contributed by atoms with Crippen LogP contribution in [0.25, 0.3) is 0 Å². The number of carbonyl (C=O) groups is 2. The Morgan fingerprint density at radius 3 is 3.00 bits per heavy atom. The molecule has 1 aromatic heterocycles. The van der Waals surface area contributed by atoms with Crippen LogP contribution < -0.4 is 0 Å². The van der Waals surface area contributed by atoms with Crippen molar-refractivity contribution in [1.29, 1.82) is 0 Å². The second-order valence-electron chi connectivity index (χ2n) is 4.46. The molecular weight excluding hydrogens is 262 g/mol. The molecule has 2 rings (SSSR count). The molecule has 19 heavy (non-hydrogen) atoms. The van der Waals surface area contributed by atoms with Gasteiger partial charge in [-0.1, -0.05) is 6.07 Å². The standard InChI is InChI=1S/C13H17N3O2S/c1-15(7-5-11-4-2-3-6-14-11)12(17)8-16-10-19-9-13(16)18/h2-4,6H,5,7-10H2,1H3. The van der Waals surface area contributed by atoms with Gasteiger partial charge < -0.3 is 9.80 Å². The highest BCUT2D eigenvalue weighted by Crippen LogP contribution is 2.14. The first-order chi connectivity index (χ1) is 9.16. The van der Waals surface area contributed by atoms with Crippen LogP contribution in [0, 0.1) is 0 Å². The second kappa shape index (κ2) is 6.56. The summed E-state index contributed by atoms with van der Waals surface area (Å²) in [5, 5.41) is 0. The van der Waals surface area contributed by atoms with Gasteiger partial charge in [0.25, 0.3) is 0 Å². The Hall–Kier alpha value is -1.56. The zero-order chi connectivity index (χ0) is 13.7. The van der Waals surface area contributed by atoms with Crippen LogP contribution in [-0.2, 0) is 16.0 Å². The fraction of sp³-hybridized carbons (Fsp3) is 0.462. The van der Waals surface area contributed by atoms with Gasteiger partial charge in [0.1, 0.15) is 6.54 Å². The van der Waals surface area contributed by atoms with E-state index in [1.165, 1.54) is 0 Å². The zero-order valence-corrected chi connectivity index (χ0v) is 11.7. The quantitative estimate of drug-likeness (QED) is 0.793. The van der Waals surface area contributed by atoms with Crippen molar-refractivity contribution in [3.8, 4) is 0 Å². The number of nitrogens with zero attached hydrogens (tertiary/aromatic N) is 3. The SMILES string of the molecule is CN(CCc1ccccn1)C(=O)CN1CSCC1=O. The first kappa shape index (κ1) is 13.9. The summed E-state index contributed by atoms with van der Waals surface area (Å²) in [6.07, 6.45) is 2.48. The van der Waals surface area contributed by atoms with E-state index >= 15 is 0 Å². The number of hydrogen-bond donors (Lipinski definition) is 0. The van der Waals surface area contributed by atoms with Crippen LogP contribution in [0.3, 0.4) is 0 Å². The number of likely N-dealkylation sites (N-methyl/N-ethyl adjacent to an activating group) is 1. The van der Waals surface area contributed by atoms with E-state index in [1.54, 1.807) is 34.8 Å². The van der Waals surface area contributed by atoms with Gasteiger partial charge in [-0.05, 0) is 12.1 Å². The summed E-state index contributed by atoms with van der Waals surface area (Å²) in [6, 6.07) is 5.75. The molecule has 1 aliphatic heterocycles. The van der Waals surface area contributed by atoms with Crippen molar-refractivity contribution in [2.24, 2.45) is 0 Å². The predicted octanol–water partition coefficient (Wildman–Crippen LogP) is 0.615. The number of amides is 2. The largest absolute Gasteiger partial charge is 0.344 e. The smallest absolute Gasteiger partial charge is 0.241 e. The molecule has 0 atom stereocenters. The molecule has 0 N–H and O–H groups in total. The van der Waals surface area contributed by atoms with Gasteiger partial charge in [-0.15, -0.1) is 11.8 Å². The monoisotopic (exact) mass is 279 g/mol. The van der Waals surface area contributed by atoms with Crippen LogP contribution in [0.4, 0.5) is 0 Å². The summed E-state index contributed by atoms with van der Waals surface area (Å²) < 4.78 is 0. The lowest BCUT2D eigenvalue weighted by Crippen LogP contribution is -2.40. The molecule has 5 nitrogen and oxygen atoms in total. The minimum absolute atomic E-state index is 0.0215. The van der Waals surface area contributed by atoms with E-state index in [2.05, 4.69) is 4.98 Å². The van der Waals surface area contributed by atoms with Gasteiger partial charge in [0.05, 0.1) is 11.6 Å². The van der Waals surface area contributed by atoms with Gasteiger partial charge in [-0.25, -0.2) is 0 Å². The highest BCUT2D eigenvalue weighted by Gasteiger charge is 2.24. The van der Waals surface area contributed by atoms with Crippen LogP contribution in [0.2, 0.25) is 0 Å². The molecule has 0 spiro atoms. The number of carbonyl (C=O) groups excluding carboxylic acids is 2. The molecule has 0 saturated carbocycles. The molecule has 1 aliphatic rings. The number of pyridine rings is 1. The molecule has 2 heterocycles. The van der Waals surface area contributed by atoms with Gasteiger partial charge in [0, 0.05) is 31.9 Å². The minimum atomic E-state index is -0.0215. The summed E-state index contributed by atoms with van der Waals surface area (Å²) in [5.74, 6) is 1.15. The van der Waals surface area contributed by atoms with E-state index in [4.69, 9.17) is 0 Å². The predicted molar refractivity (Wildman–Crippen MR) is 74.6 cm³/mol. The molecule has 0 bridgehead atoms. The molecule has 1 aromatic rings. The van der Waals surface area contributed by atoms with E-state index in [0.717, 1.165) is 12.1 Å². The summed E-state index contributed by atoms with van der Waals surface area (Å²) in [7, 11) is 1.76. The van der Waals surface area contributed by atoms with Crippen molar-refractivity contribution in [1.82, 2.24) is 14.8 Å². The van der Waals surface area contributed by atoms with Crippen molar-refractivity contribution in [3.63, 3.8) is 0 Å². The molecular formula is C13H17N3O2S. The van der Waals surface area contributed by atoms with Crippen molar-refractivity contribution in [2.75, 3.05) is 31.8 Å². The summed E-state index contributed by atoms with van der Waals surface area (Å²) in [4.78, 5) is 30.9. The van der Waals surface area contributed by atoms with Gasteiger partial charge in [0.2, 0.25) is 11.8 Å². The Kier molecular flexibility index (Phi) is 4.79. The lowest BCUT2D eigenvalue weighted by Gasteiger charge is -2.21. The van der Waals surface area contributed by atoms with E-state index in [1.807, 2.05) is 18.2 Å². The summed E-state index contributed by atoms with van der Waals surface area (Å²) >= 11 is 1.55. The minimum Gasteiger partial charge on any atom is -0.344 e. The number of thioether (sulfide) groups is 1. The maximum atomic E-state index is 12.0. The summed E-state index contributed by atoms with van der Waals surface area (Å²) in [5.41, 5.74) is 0.968. The number of aromatic nitrogens is 1. The average molecular weight is 279 g/mol. The summed E-state index contributed by atoms with van der Waals surface area (Å²) in [6.45, 7) is 0.801. The van der Waals surface area contributed by atoms with E-state index < -0.39 is 0 Å². The van der Waals surface area contributed by atoms with E-state index in [0.29, 0.717) is 18.2 Å². The molecule has 0 aromatic carbocycles. The van der Waals surface area contributed by atoms with Crippen LogP contribution in [0.15, 0.2) is 24.4 Å². The Labute approximate surface area is 117 Å². The molecule has 0 unspecified atom stereocenters. The Morgan fingerprint density at radius 1 is 1.53 bits per heavy atom. The topological polar surface area (TPSA) is 53.5 Å². The Bertz CT molecular complexity index is 452. The van der Waals surface area contributed by atoms with Crippen molar-refractivity contribution in [3.05, 3.63) is 30.1 Å². The zero-order valence-electron chi connectivity index (χ0n) is 10.9. The number of rotatable bonds is 5. The second-order valence-corrected chi connectivity index (χ2v) is 5.41. The Morgan fingerprint density at radius 2 is 2.37 bits per heavy atom. The third-order valence-corrected chi connectivity index (χ3v) is 3.95. The van der Waals surface area contributed by atoms with Crippen molar-refractivity contribution < 1.29 is 9.59 Å². The van der Waals surface area contributed by atoms with E-state index in [9.17, 15) is 9.59 Å². The van der Waals surface area contributed by atoms with Gasteiger partial charge >= 0.3 is 0 Å². The highest BCUT2D eigenvalue weighted by atomic mass is 32.2. The van der Waals surface area contributed by atoms with Crippen molar-refractivity contribution in [2.45, 2.75) is 6.42 Å². The lowest BCUT2D eigenvalue weighted by molar-refractivity contribution is -0.137. The molecule has 0 radical (unpaired) electrons. The van der Waals surface area contributed by atoms with Crippen LogP contribution in [0.1, 0.15) is 5.69 Å². The van der Waals surface area contributed by atoms with Crippen LogP contribution in [-0.4, -0.2) is 58.4 Å². The third-order valence-electron chi connectivity index (χ3n) is 3.01. The Balaban J connectivity index is 1.78. The maximum absolute atomic E-state index is 12.0. The fourth-order valence-corrected chi connectivity index (χ4v) is 2.68. The fourth-order valence-electron chi connectivity index (χ4n) is 1.78. The van der Waals surface area contributed by atoms with Gasteiger partial charge in [0.15, 0.2) is 0 Å². The maximum Gasteiger partial charge on any atom is 0.241 e.